The van der Waals surface area contributed by atoms with E-state index in [1.165, 1.54) is 0 Å². The second kappa shape index (κ2) is 9.40. The lowest BCUT2D eigenvalue weighted by Crippen LogP contribution is -2.08. The van der Waals surface area contributed by atoms with Gasteiger partial charge in [0.15, 0.2) is 0 Å². The Balaban J connectivity index is 3.60. The molecular formula is C11H22O2S2. The first-order valence-electron chi connectivity index (χ1n) is 5.54. The third-order valence-electron chi connectivity index (χ3n) is 2.08. The molecule has 0 saturated heterocycles. The minimum atomic E-state index is -0.683. The van der Waals surface area contributed by atoms with Crippen molar-refractivity contribution >= 4 is 30.4 Å². The lowest BCUT2D eigenvalue weighted by molar-refractivity contribution is -0.137. The molecule has 0 aliphatic carbocycles. The maximum absolute atomic E-state index is 10.3. The first-order chi connectivity index (χ1) is 7.06. The third-order valence-corrected chi connectivity index (χ3v) is 3.74. The predicted molar refractivity (Wildman–Crippen MR) is 71.1 cm³/mol. The molecule has 4 heteroatoms. The summed E-state index contributed by atoms with van der Waals surface area (Å²) >= 11 is 6.24. The number of thiol groups is 1. The number of thioether (sulfide) groups is 1. The number of rotatable bonds is 9. The highest BCUT2D eigenvalue weighted by atomic mass is 32.2. The van der Waals surface area contributed by atoms with Crippen LogP contribution in [0.25, 0.3) is 0 Å². The molecule has 0 fully saturated rings. The number of hydrogen-bond acceptors (Lipinski definition) is 3. The van der Waals surface area contributed by atoms with Crippen LogP contribution >= 0.6 is 24.4 Å². The molecule has 0 aliphatic rings. The van der Waals surface area contributed by atoms with Crippen molar-refractivity contribution < 1.29 is 9.90 Å². The largest absolute Gasteiger partial charge is 0.481 e. The van der Waals surface area contributed by atoms with E-state index in [1.807, 2.05) is 11.8 Å². The van der Waals surface area contributed by atoms with E-state index < -0.39 is 5.97 Å². The fraction of sp³-hybridized carbons (Fsp3) is 0.909. The van der Waals surface area contributed by atoms with Gasteiger partial charge < -0.3 is 5.11 Å². The molecular weight excluding hydrogens is 228 g/mol. The highest BCUT2D eigenvalue weighted by Crippen LogP contribution is 2.25. The van der Waals surface area contributed by atoms with Gasteiger partial charge in [-0.1, -0.05) is 20.3 Å². The highest BCUT2D eigenvalue weighted by Gasteiger charge is 2.10. The average molecular weight is 250 g/mol. The molecule has 0 heterocycles. The number of carbonyl (C=O) groups is 1. The summed E-state index contributed by atoms with van der Waals surface area (Å²) in [6, 6.07) is 0. The molecule has 0 spiro atoms. The van der Waals surface area contributed by atoms with E-state index in [2.05, 4.69) is 26.5 Å². The van der Waals surface area contributed by atoms with Gasteiger partial charge in [0.25, 0.3) is 0 Å². The summed E-state index contributed by atoms with van der Waals surface area (Å²) < 4.78 is 0. The minimum Gasteiger partial charge on any atom is -0.481 e. The molecule has 0 aromatic heterocycles. The normalized spacial score (nSPS) is 13.1. The van der Waals surface area contributed by atoms with Gasteiger partial charge in [-0.15, -0.1) is 0 Å². The van der Waals surface area contributed by atoms with Crippen molar-refractivity contribution in [2.75, 3.05) is 5.75 Å². The van der Waals surface area contributed by atoms with E-state index in [0.29, 0.717) is 16.9 Å². The Bertz CT molecular complexity index is 172. The fourth-order valence-electron chi connectivity index (χ4n) is 1.46. The van der Waals surface area contributed by atoms with Crippen molar-refractivity contribution in [3.63, 3.8) is 0 Å². The maximum Gasteiger partial charge on any atom is 0.303 e. The molecule has 0 rings (SSSR count). The standard InChI is InChI=1S/C11H22O2S2/c1-9(2)15-10(7-8-14)5-3-4-6-11(12)13/h9-10,14H,3-8H2,1-2H3,(H,12,13). The van der Waals surface area contributed by atoms with Crippen molar-refractivity contribution in [3.8, 4) is 0 Å². The van der Waals surface area contributed by atoms with Crippen molar-refractivity contribution in [1.29, 1.82) is 0 Å². The van der Waals surface area contributed by atoms with Crippen molar-refractivity contribution in [1.82, 2.24) is 0 Å². The van der Waals surface area contributed by atoms with Gasteiger partial charge >= 0.3 is 5.97 Å². The van der Waals surface area contributed by atoms with Crippen LogP contribution in [0.4, 0.5) is 0 Å². The Morgan fingerprint density at radius 3 is 2.47 bits per heavy atom. The van der Waals surface area contributed by atoms with Crippen LogP contribution in [0.15, 0.2) is 0 Å². The van der Waals surface area contributed by atoms with E-state index in [-0.39, 0.29) is 0 Å². The average Bonchev–Trinajstić information content (AvgIpc) is 2.11. The van der Waals surface area contributed by atoms with Gasteiger partial charge in [0, 0.05) is 11.7 Å². The van der Waals surface area contributed by atoms with E-state index >= 15 is 0 Å². The molecule has 1 atom stereocenters. The summed E-state index contributed by atoms with van der Waals surface area (Å²) in [4.78, 5) is 10.3. The van der Waals surface area contributed by atoms with Gasteiger partial charge in [0.05, 0.1) is 0 Å². The van der Waals surface area contributed by atoms with Crippen LogP contribution in [-0.2, 0) is 4.79 Å². The molecule has 2 nitrogen and oxygen atoms in total. The Morgan fingerprint density at radius 2 is 2.00 bits per heavy atom. The Labute approximate surface area is 103 Å². The lowest BCUT2D eigenvalue weighted by Gasteiger charge is -2.17. The predicted octanol–water partition coefficient (Wildman–Crippen LogP) is 3.46. The van der Waals surface area contributed by atoms with Crippen molar-refractivity contribution in [3.05, 3.63) is 0 Å². The molecule has 0 amide bonds. The molecule has 0 bridgehead atoms. The van der Waals surface area contributed by atoms with Crippen LogP contribution in [0.5, 0.6) is 0 Å². The zero-order valence-corrected chi connectivity index (χ0v) is 11.3. The van der Waals surface area contributed by atoms with E-state index in [4.69, 9.17) is 5.11 Å². The summed E-state index contributed by atoms with van der Waals surface area (Å²) in [6.45, 7) is 4.40. The second-order valence-corrected chi connectivity index (χ2v) is 6.29. The summed E-state index contributed by atoms with van der Waals surface area (Å²) in [5.74, 6) is 0.237. The summed E-state index contributed by atoms with van der Waals surface area (Å²) in [5, 5.41) is 9.81. The summed E-state index contributed by atoms with van der Waals surface area (Å²) in [5.41, 5.74) is 0. The molecule has 0 aliphatic heterocycles. The van der Waals surface area contributed by atoms with Crippen LogP contribution in [0.1, 0.15) is 46.0 Å². The van der Waals surface area contributed by atoms with Crippen LogP contribution in [0.2, 0.25) is 0 Å². The van der Waals surface area contributed by atoms with Gasteiger partial charge in [-0.25, -0.2) is 0 Å². The van der Waals surface area contributed by atoms with Gasteiger partial charge in [0.1, 0.15) is 0 Å². The summed E-state index contributed by atoms with van der Waals surface area (Å²) in [6.07, 6.45) is 4.37. The van der Waals surface area contributed by atoms with Crippen LogP contribution in [0, 0.1) is 0 Å². The Hall–Kier alpha value is 0.170. The lowest BCUT2D eigenvalue weighted by atomic mass is 10.1. The van der Waals surface area contributed by atoms with Gasteiger partial charge in [-0.05, 0) is 30.3 Å². The topological polar surface area (TPSA) is 37.3 Å². The van der Waals surface area contributed by atoms with Gasteiger partial charge in [-0.2, -0.15) is 24.4 Å². The molecule has 1 unspecified atom stereocenters. The van der Waals surface area contributed by atoms with Crippen LogP contribution in [0.3, 0.4) is 0 Å². The first kappa shape index (κ1) is 15.2. The van der Waals surface area contributed by atoms with Gasteiger partial charge in [-0.3, -0.25) is 4.79 Å². The first-order valence-corrected chi connectivity index (χ1v) is 7.12. The van der Waals surface area contributed by atoms with Gasteiger partial charge in [0.2, 0.25) is 0 Å². The van der Waals surface area contributed by atoms with Crippen LogP contribution < -0.4 is 0 Å². The number of hydrogen-bond donors (Lipinski definition) is 2. The van der Waals surface area contributed by atoms with E-state index in [1.54, 1.807) is 0 Å². The number of carboxylic acid groups (broad SMARTS) is 1. The molecule has 1 N–H and O–H groups in total. The molecule has 0 saturated carbocycles. The molecule has 90 valence electrons. The Kier molecular flexibility index (Phi) is 9.51. The smallest absolute Gasteiger partial charge is 0.303 e. The molecule has 0 aromatic rings. The molecule has 0 aromatic carbocycles. The minimum absolute atomic E-state index is 0.305. The maximum atomic E-state index is 10.3. The summed E-state index contributed by atoms with van der Waals surface area (Å²) in [7, 11) is 0. The quantitative estimate of drug-likeness (QED) is 0.486. The van der Waals surface area contributed by atoms with Crippen molar-refractivity contribution in [2.24, 2.45) is 0 Å². The zero-order chi connectivity index (χ0) is 11.7. The Morgan fingerprint density at radius 1 is 1.33 bits per heavy atom. The van der Waals surface area contributed by atoms with Crippen molar-refractivity contribution in [2.45, 2.75) is 56.5 Å². The van der Waals surface area contributed by atoms with E-state index in [0.717, 1.165) is 31.4 Å². The second-order valence-electron chi connectivity index (χ2n) is 3.96. The van der Waals surface area contributed by atoms with E-state index in [9.17, 15) is 4.79 Å². The SMILES string of the molecule is CC(C)SC(CCS)CCCCC(=O)O. The van der Waals surface area contributed by atoms with Crippen LogP contribution in [-0.4, -0.2) is 27.3 Å². The highest BCUT2D eigenvalue weighted by molar-refractivity contribution is 8.00. The monoisotopic (exact) mass is 250 g/mol. The number of carboxylic acids is 1. The fourth-order valence-corrected chi connectivity index (χ4v) is 3.27. The molecule has 0 radical (unpaired) electrons. The molecule has 15 heavy (non-hydrogen) atoms. The third kappa shape index (κ3) is 10.5. The number of unbranched alkanes of at least 4 members (excludes halogenated alkanes) is 1. The zero-order valence-electron chi connectivity index (χ0n) is 9.61. The number of aliphatic carboxylic acids is 1.